The summed E-state index contributed by atoms with van der Waals surface area (Å²) in [4.78, 5) is 2.57. The lowest BCUT2D eigenvalue weighted by molar-refractivity contribution is -0.0211. The number of ether oxygens (including phenoxy) is 1. The quantitative estimate of drug-likeness (QED) is 0.723. The van der Waals surface area contributed by atoms with E-state index in [4.69, 9.17) is 4.74 Å². The van der Waals surface area contributed by atoms with Crippen LogP contribution < -0.4 is 0 Å². The van der Waals surface area contributed by atoms with Gasteiger partial charge in [0.05, 0.1) is 13.2 Å². The van der Waals surface area contributed by atoms with Crippen molar-refractivity contribution in [1.29, 1.82) is 0 Å². The van der Waals surface area contributed by atoms with E-state index in [0.717, 1.165) is 25.1 Å². The van der Waals surface area contributed by atoms with Crippen molar-refractivity contribution in [2.45, 2.75) is 33.2 Å². The topological polar surface area (TPSA) is 12.5 Å². The zero-order valence-electron chi connectivity index (χ0n) is 9.55. The van der Waals surface area contributed by atoms with Crippen LogP contribution in [0.1, 0.15) is 27.2 Å². The predicted molar refractivity (Wildman–Crippen MR) is 64.0 cm³/mol. The predicted octanol–water partition coefficient (Wildman–Crippen LogP) is 2.52. The summed E-state index contributed by atoms with van der Waals surface area (Å²) >= 11 is 3.58. The van der Waals surface area contributed by atoms with E-state index >= 15 is 0 Å². The maximum atomic E-state index is 5.50. The van der Waals surface area contributed by atoms with E-state index < -0.39 is 0 Å². The van der Waals surface area contributed by atoms with Crippen LogP contribution in [0.4, 0.5) is 0 Å². The molecule has 1 aliphatic rings. The highest BCUT2D eigenvalue weighted by Gasteiger charge is 2.27. The van der Waals surface area contributed by atoms with Gasteiger partial charge in [-0.3, -0.25) is 4.90 Å². The third-order valence-electron chi connectivity index (χ3n) is 2.81. The Morgan fingerprint density at radius 1 is 1.50 bits per heavy atom. The first-order valence-electron chi connectivity index (χ1n) is 5.47. The summed E-state index contributed by atoms with van der Waals surface area (Å²) < 4.78 is 5.50. The van der Waals surface area contributed by atoms with Crippen molar-refractivity contribution in [1.82, 2.24) is 4.90 Å². The molecule has 1 rings (SSSR count). The number of morpholine rings is 1. The first-order chi connectivity index (χ1) is 6.59. The Labute approximate surface area is 96.1 Å². The molecule has 0 aliphatic carbocycles. The molecule has 0 radical (unpaired) electrons. The van der Waals surface area contributed by atoms with Gasteiger partial charge in [-0.25, -0.2) is 0 Å². The molecule has 0 aromatic heterocycles. The van der Waals surface area contributed by atoms with Gasteiger partial charge in [-0.2, -0.15) is 0 Å². The van der Waals surface area contributed by atoms with Gasteiger partial charge in [0.1, 0.15) is 0 Å². The third kappa shape index (κ3) is 3.52. The molecule has 0 amide bonds. The summed E-state index contributed by atoms with van der Waals surface area (Å²) in [5.41, 5.74) is 0.366. The SMILES string of the molecule is CCC1COCCN1CC(C)(C)CBr. The van der Waals surface area contributed by atoms with E-state index in [1.165, 1.54) is 13.0 Å². The summed E-state index contributed by atoms with van der Waals surface area (Å²) in [6.07, 6.45) is 1.19. The molecule has 0 aromatic rings. The third-order valence-corrected chi connectivity index (χ3v) is 4.33. The minimum absolute atomic E-state index is 0.366. The van der Waals surface area contributed by atoms with Crippen molar-refractivity contribution in [2.75, 3.05) is 31.6 Å². The highest BCUT2D eigenvalue weighted by atomic mass is 79.9. The molecular formula is C11H22BrNO. The Kier molecular flexibility index (Phi) is 4.88. The van der Waals surface area contributed by atoms with E-state index in [1.54, 1.807) is 0 Å². The number of hydrogen-bond acceptors (Lipinski definition) is 2. The molecule has 0 N–H and O–H groups in total. The van der Waals surface area contributed by atoms with Crippen molar-refractivity contribution in [3.63, 3.8) is 0 Å². The minimum Gasteiger partial charge on any atom is -0.378 e. The average molecular weight is 264 g/mol. The van der Waals surface area contributed by atoms with Gasteiger partial charge in [-0.1, -0.05) is 36.7 Å². The normalized spacial score (nSPS) is 25.3. The molecule has 1 atom stereocenters. The van der Waals surface area contributed by atoms with E-state index in [-0.39, 0.29) is 0 Å². The van der Waals surface area contributed by atoms with Gasteiger partial charge in [0.2, 0.25) is 0 Å². The standard InChI is InChI=1S/C11H22BrNO/c1-4-10-7-14-6-5-13(10)9-11(2,3)8-12/h10H,4-9H2,1-3H3. The fourth-order valence-corrected chi connectivity index (χ4v) is 2.04. The number of halogens is 1. The smallest absolute Gasteiger partial charge is 0.0622 e. The molecule has 1 fully saturated rings. The lowest BCUT2D eigenvalue weighted by Gasteiger charge is -2.39. The molecule has 1 unspecified atom stereocenters. The summed E-state index contributed by atoms with van der Waals surface area (Å²) in [5, 5.41) is 1.06. The molecule has 0 saturated carbocycles. The van der Waals surface area contributed by atoms with Crippen LogP contribution in [-0.4, -0.2) is 42.6 Å². The lowest BCUT2D eigenvalue weighted by atomic mass is 9.94. The molecule has 84 valence electrons. The van der Waals surface area contributed by atoms with Crippen molar-refractivity contribution >= 4 is 15.9 Å². The van der Waals surface area contributed by atoms with E-state index in [0.29, 0.717) is 11.5 Å². The molecule has 3 heteroatoms. The number of alkyl halides is 1. The summed E-state index contributed by atoms with van der Waals surface area (Å²) in [6.45, 7) is 10.9. The van der Waals surface area contributed by atoms with Gasteiger partial charge in [0.15, 0.2) is 0 Å². The summed E-state index contributed by atoms with van der Waals surface area (Å²) in [7, 11) is 0. The fourth-order valence-electron chi connectivity index (χ4n) is 1.87. The van der Waals surface area contributed by atoms with Crippen molar-refractivity contribution in [2.24, 2.45) is 5.41 Å². The molecule has 14 heavy (non-hydrogen) atoms. The average Bonchev–Trinajstić information content (AvgIpc) is 2.18. The summed E-state index contributed by atoms with van der Waals surface area (Å²) in [5.74, 6) is 0. The van der Waals surface area contributed by atoms with Crippen LogP contribution in [0.2, 0.25) is 0 Å². The van der Waals surface area contributed by atoms with E-state index in [1.807, 2.05) is 0 Å². The van der Waals surface area contributed by atoms with Gasteiger partial charge in [-0.05, 0) is 11.8 Å². The monoisotopic (exact) mass is 263 g/mol. The first kappa shape index (κ1) is 12.5. The Balaban J connectivity index is 2.48. The minimum atomic E-state index is 0.366. The highest BCUT2D eigenvalue weighted by Crippen LogP contribution is 2.22. The van der Waals surface area contributed by atoms with Crippen LogP contribution in [0, 0.1) is 5.41 Å². The first-order valence-corrected chi connectivity index (χ1v) is 6.59. The van der Waals surface area contributed by atoms with Crippen molar-refractivity contribution < 1.29 is 4.74 Å². The second-order valence-corrected chi connectivity index (χ2v) is 5.47. The fraction of sp³-hybridized carbons (Fsp3) is 1.00. The summed E-state index contributed by atoms with van der Waals surface area (Å²) in [6, 6.07) is 0.627. The Hall–Kier alpha value is 0.400. The van der Waals surface area contributed by atoms with Crippen LogP contribution in [-0.2, 0) is 4.74 Å². The van der Waals surface area contributed by atoms with Gasteiger partial charge in [-0.15, -0.1) is 0 Å². The molecule has 1 heterocycles. The molecular weight excluding hydrogens is 242 g/mol. The van der Waals surface area contributed by atoms with E-state index in [2.05, 4.69) is 41.6 Å². The van der Waals surface area contributed by atoms with Gasteiger partial charge in [0.25, 0.3) is 0 Å². The van der Waals surface area contributed by atoms with Crippen molar-refractivity contribution in [3.8, 4) is 0 Å². The zero-order valence-corrected chi connectivity index (χ0v) is 11.1. The zero-order chi connectivity index (χ0) is 10.6. The van der Waals surface area contributed by atoms with Gasteiger partial charge in [0, 0.05) is 24.5 Å². The van der Waals surface area contributed by atoms with Gasteiger partial charge >= 0.3 is 0 Å². The second kappa shape index (κ2) is 5.47. The maximum absolute atomic E-state index is 5.50. The number of nitrogens with zero attached hydrogens (tertiary/aromatic N) is 1. The molecule has 0 aromatic carbocycles. The van der Waals surface area contributed by atoms with Gasteiger partial charge < -0.3 is 4.74 Å². The van der Waals surface area contributed by atoms with Crippen LogP contribution in [0.5, 0.6) is 0 Å². The largest absolute Gasteiger partial charge is 0.378 e. The lowest BCUT2D eigenvalue weighted by Crippen LogP contribution is -2.49. The van der Waals surface area contributed by atoms with Crippen LogP contribution in [0.3, 0.4) is 0 Å². The maximum Gasteiger partial charge on any atom is 0.0622 e. The second-order valence-electron chi connectivity index (χ2n) is 4.91. The Morgan fingerprint density at radius 3 is 2.79 bits per heavy atom. The van der Waals surface area contributed by atoms with Crippen LogP contribution in [0.25, 0.3) is 0 Å². The molecule has 0 spiro atoms. The number of hydrogen-bond donors (Lipinski definition) is 0. The van der Waals surface area contributed by atoms with E-state index in [9.17, 15) is 0 Å². The molecule has 0 bridgehead atoms. The highest BCUT2D eigenvalue weighted by molar-refractivity contribution is 9.09. The number of rotatable bonds is 4. The molecule has 1 saturated heterocycles. The van der Waals surface area contributed by atoms with Crippen LogP contribution in [0.15, 0.2) is 0 Å². The van der Waals surface area contributed by atoms with Crippen molar-refractivity contribution in [3.05, 3.63) is 0 Å². The molecule has 1 aliphatic heterocycles. The molecule has 2 nitrogen and oxygen atoms in total. The Morgan fingerprint density at radius 2 is 2.21 bits per heavy atom. The Bertz CT molecular complexity index is 173. The van der Waals surface area contributed by atoms with Crippen LogP contribution >= 0.6 is 15.9 Å².